The molecule has 0 saturated heterocycles. The fourth-order valence-electron chi connectivity index (χ4n) is 5.95. The van der Waals surface area contributed by atoms with Gasteiger partial charge in [0.2, 0.25) is 0 Å². The van der Waals surface area contributed by atoms with Gasteiger partial charge in [0.1, 0.15) is 5.75 Å². The fraction of sp³-hybridized carbons (Fsp3) is 0.345. The van der Waals surface area contributed by atoms with Crippen LogP contribution < -0.4 is 10.1 Å². The second-order valence-electron chi connectivity index (χ2n) is 9.41. The molecule has 36 heavy (non-hydrogen) atoms. The molecule has 3 aromatic carbocycles. The summed E-state index contributed by atoms with van der Waals surface area (Å²) in [7, 11) is 3.34. The average Bonchev–Trinajstić information content (AvgIpc) is 3.44. The Morgan fingerprint density at radius 2 is 1.92 bits per heavy atom. The first-order chi connectivity index (χ1) is 17.7. The Hall–Kier alpha value is -3.39. The van der Waals surface area contributed by atoms with E-state index >= 15 is 0 Å². The number of aliphatic hydroxyl groups is 1. The molecule has 0 spiro atoms. The van der Waals surface area contributed by atoms with Gasteiger partial charge in [-0.1, -0.05) is 12.1 Å². The molecule has 0 atom stereocenters. The molecule has 0 radical (unpaired) electrons. The van der Waals surface area contributed by atoms with E-state index < -0.39 is 0 Å². The number of nitrogens with one attached hydrogen (secondary N) is 1. The maximum absolute atomic E-state index is 13.2. The van der Waals surface area contributed by atoms with Crippen LogP contribution in [0.4, 0.5) is 0 Å². The predicted molar refractivity (Wildman–Crippen MR) is 139 cm³/mol. The van der Waals surface area contributed by atoms with Gasteiger partial charge < -0.3 is 29.2 Å². The van der Waals surface area contributed by atoms with Crippen molar-refractivity contribution >= 4 is 27.7 Å². The highest BCUT2D eigenvalue weighted by molar-refractivity contribution is 6.19. The van der Waals surface area contributed by atoms with E-state index in [2.05, 4.69) is 40.2 Å². The Kier molecular flexibility index (Phi) is 5.91. The van der Waals surface area contributed by atoms with E-state index in [1.807, 2.05) is 6.07 Å². The number of ether oxygens (including phenoxy) is 3. The number of amides is 1. The number of hydrogen-bond donors (Lipinski definition) is 2. The molecule has 186 valence electrons. The average molecular weight is 487 g/mol. The van der Waals surface area contributed by atoms with Crippen LogP contribution in [-0.4, -0.2) is 49.6 Å². The van der Waals surface area contributed by atoms with E-state index in [0.717, 1.165) is 68.2 Å². The molecule has 2 heterocycles. The number of aryl methyl sites for hydroxylation is 2. The third-order valence-electron chi connectivity index (χ3n) is 7.47. The Morgan fingerprint density at radius 1 is 1.03 bits per heavy atom. The molecule has 1 amide bonds. The standard InChI is InChI=1S/C29H30N2O5/c1-34-11-12-36-16-17-3-8-24-22(13-17)26-23-15-30-29(33)27(23)25-20-7-5-19(35-2)14-18(20)4-6-21(25)28(26)31(24)9-10-32/h3,5,7-8,13-14,32H,4,6,9-12,15-16H2,1-2H3,(H,30,33). The lowest BCUT2D eigenvalue weighted by atomic mass is 9.80. The highest BCUT2D eigenvalue weighted by atomic mass is 16.5. The van der Waals surface area contributed by atoms with Crippen molar-refractivity contribution in [2.45, 2.75) is 32.5 Å². The summed E-state index contributed by atoms with van der Waals surface area (Å²) >= 11 is 0. The molecular weight excluding hydrogens is 456 g/mol. The van der Waals surface area contributed by atoms with E-state index in [1.54, 1.807) is 14.2 Å². The number of benzene rings is 3. The number of aliphatic hydroxyl groups excluding tert-OH is 1. The van der Waals surface area contributed by atoms with Crippen molar-refractivity contribution in [2.75, 3.05) is 34.0 Å². The number of nitrogens with zero attached hydrogens (tertiary/aromatic N) is 1. The van der Waals surface area contributed by atoms with Crippen LogP contribution in [0.3, 0.4) is 0 Å². The first-order valence-electron chi connectivity index (χ1n) is 12.4. The summed E-state index contributed by atoms with van der Waals surface area (Å²) in [4.78, 5) is 13.2. The first kappa shape index (κ1) is 23.0. The molecule has 1 aromatic heterocycles. The van der Waals surface area contributed by atoms with Crippen molar-refractivity contribution in [2.24, 2.45) is 0 Å². The third kappa shape index (κ3) is 3.50. The minimum Gasteiger partial charge on any atom is -0.497 e. The molecule has 0 bridgehead atoms. The zero-order valence-corrected chi connectivity index (χ0v) is 20.6. The molecule has 1 aliphatic carbocycles. The van der Waals surface area contributed by atoms with Gasteiger partial charge in [0.25, 0.3) is 5.91 Å². The fourth-order valence-corrected chi connectivity index (χ4v) is 5.95. The lowest BCUT2D eigenvalue weighted by molar-refractivity contribution is 0.0617. The topological polar surface area (TPSA) is 82.0 Å². The van der Waals surface area contributed by atoms with Gasteiger partial charge in [-0.2, -0.15) is 0 Å². The van der Waals surface area contributed by atoms with E-state index in [0.29, 0.717) is 32.9 Å². The van der Waals surface area contributed by atoms with Crippen LogP contribution in [0.25, 0.3) is 32.9 Å². The van der Waals surface area contributed by atoms with Crippen molar-refractivity contribution in [3.05, 3.63) is 64.2 Å². The Bertz CT molecular complexity index is 1500. The lowest BCUT2D eigenvalue weighted by Gasteiger charge is -2.25. The molecule has 6 rings (SSSR count). The largest absolute Gasteiger partial charge is 0.497 e. The molecule has 0 fully saturated rings. The zero-order chi connectivity index (χ0) is 24.8. The van der Waals surface area contributed by atoms with Crippen molar-refractivity contribution in [1.29, 1.82) is 0 Å². The second-order valence-corrected chi connectivity index (χ2v) is 9.41. The second kappa shape index (κ2) is 9.24. The van der Waals surface area contributed by atoms with Crippen LogP contribution in [-0.2, 0) is 42.0 Å². The monoisotopic (exact) mass is 486 g/mol. The summed E-state index contributed by atoms with van der Waals surface area (Å²) in [5.41, 5.74) is 9.59. The highest BCUT2D eigenvalue weighted by Gasteiger charge is 2.34. The van der Waals surface area contributed by atoms with Crippen molar-refractivity contribution in [1.82, 2.24) is 9.88 Å². The van der Waals surface area contributed by atoms with Crippen LogP contribution in [0.15, 0.2) is 36.4 Å². The lowest BCUT2D eigenvalue weighted by Crippen LogP contribution is -2.16. The Labute approximate surface area is 209 Å². The summed E-state index contributed by atoms with van der Waals surface area (Å²) in [5, 5.41) is 15.3. The summed E-state index contributed by atoms with van der Waals surface area (Å²) in [6, 6.07) is 12.5. The number of aromatic nitrogens is 1. The molecular formula is C29H30N2O5. The molecule has 4 aromatic rings. The van der Waals surface area contributed by atoms with Gasteiger partial charge in [0, 0.05) is 42.1 Å². The van der Waals surface area contributed by atoms with E-state index in [-0.39, 0.29) is 12.5 Å². The smallest absolute Gasteiger partial charge is 0.252 e. The minimum absolute atomic E-state index is 0.0195. The zero-order valence-electron chi connectivity index (χ0n) is 20.6. The van der Waals surface area contributed by atoms with E-state index in [4.69, 9.17) is 14.2 Å². The van der Waals surface area contributed by atoms with Gasteiger partial charge in [-0.25, -0.2) is 0 Å². The summed E-state index contributed by atoms with van der Waals surface area (Å²) in [6.07, 6.45) is 1.69. The molecule has 1 aliphatic heterocycles. The number of carbonyl (C=O) groups is 1. The van der Waals surface area contributed by atoms with Crippen molar-refractivity contribution < 1.29 is 24.1 Å². The molecule has 2 aliphatic rings. The van der Waals surface area contributed by atoms with Crippen molar-refractivity contribution in [3.8, 4) is 16.9 Å². The predicted octanol–water partition coefficient (Wildman–Crippen LogP) is 3.97. The van der Waals surface area contributed by atoms with Gasteiger partial charge in [-0.15, -0.1) is 0 Å². The number of hydrogen-bond acceptors (Lipinski definition) is 5. The molecule has 0 unspecified atom stereocenters. The van der Waals surface area contributed by atoms with Crippen molar-refractivity contribution in [3.63, 3.8) is 0 Å². The Morgan fingerprint density at radius 3 is 2.72 bits per heavy atom. The van der Waals surface area contributed by atoms with Crippen LogP contribution in [0.2, 0.25) is 0 Å². The number of rotatable bonds is 8. The van der Waals surface area contributed by atoms with Crippen LogP contribution in [0, 0.1) is 0 Å². The maximum atomic E-state index is 13.2. The summed E-state index contributed by atoms with van der Waals surface area (Å²) in [6.45, 7) is 2.61. The highest BCUT2D eigenvalue weighted by Crippen LogP contribution is 2.47. The van der Waals surface area contributed by atoms with Crippen LogP contribution >= 0.6 is 0 Å². The van der Waals surface area contributed by atoms with Gasteiger partial charge in [-0.3, -0.25) is 4.79 Å². The molecule has 0 saturated carbocycles. The molecule has 7 heteroatoms. The van der Waals surface area contributed by atoms with Gasteiger partial charge in [0.15, 0.2) is 0 Å². The van der Waals surface area contributed by atoms with Gasteiger partial charge in [-0.05, 0) is 64.9 Å². The van der Waals surface area contributed by atoms with Gasteiger partial charge in [0.05, 0.1) is 44.6 Å². The van der Waals surface area contributed by atoms with Crippen LogP contribution in [0.5, 0.6) is 5.75 Å². The molecule has 7 nitrogen and oxygen atoms in total. The number of fused-ring (bicyclic) bond motifs is 10. The SMILES string of the molecule is COCCOCc1ccc2c(c1)c1c3c(c4c(c1n2CCO)CCc1cc(OC)ccc1-4)C(=O)NC3. The first-order valence-corrected chi connectivity index (χ1v) is 12.4. The van der Waals surface area contributed by atoms with E-state index in [9.17, 15) is 9.90 Å². The Balaban J connectivity index is 1.64. The summed E-state index contributed by atoms with van der Waals surface area (Å²) < 4.78 is 18.6. The third-order valence-corrected chi connectivity index (χ3v) is 7.47. The minimum atomic E-state index is -0.0195. The number of carbonyl (C=O) groups excluding carboxylic acids is 1. The van der Waals surface area contributed by atoms with Gasteiger partial charge >= 0.3 is 0 Å². The molecule has 2 N–H and O–H groups in total. The normalized spacial score (nSPS) is 14.1. The summed E-state index contributed by atoms with van der Waals surface area (Å²) in [5.74, 6) is 0.808. The maximum Gasteiger partial charge on any atom is 0.252 e. The van der Waals surface area contributed by atoms with E-state index in [1.165, 1.54) is 11.1 Å². The quantitative estimate of drug-likeness (QED) is 0.369. The number of methoxy groups -OCH3 is 2. The van der Waals surface area contributed by atoms with Crippen LogP contribution in [0.1, 0.15) is 32.6 Å².